The highest BCUT2D eigenvalue weighted by Crippen LogP contribution is 2.34. The number of hydrogen-bond donors (Lipinski definition) is 1. The summed E-state index contributed by atoms with van der Waals surface area (Å²) in [6.07, 6.45) is 1.32. The fourth-order valence-corrected chi connectivity index (χ4v) is 2.26. The lowest BCUT2D eigenvalue weighted by Crippen LogP contribution is -2.03. The van der Waals surface area contributed by atoms with E-state index in [1.807, 2.05) is 43.3 Å². The van der Waals surface area contributed by atoms with E-state index in [-0.39, 0.29) is 11.7 Å². The van der Waals surface area contributed by atoms with Crippen LogP contribution in [0.4, 0.5) is 0 Å². The minimum Gasteiger partial charge on any atom is -0.504 e. The largest absolute Gasteiger partial charge is 0.504 e. The van der Waals surface area contributed by atoms with Crippen molar-refractivity contribution in [2.75, 3.05) is 6.61 Å². The Morgan fingerprint density at radius 2 is 1.90 bits per heavy atom. The van der Waals surface area contributed by atoms with Gasteiger partial charge in [-0.15, -0.1) is 0 Å². The van der Waals surface area contributed by atoms with Crippen molar-refractivity contribution in [1.29, 1.82) is 0 Å². The van der Waals surface area contributed by atoms with Crippen LogP contribution in [0.25, 0.3) is 0 Å². The molecule has 2 aromatic carbocycles. The van der Waals surface area contributed by atoms with E-state index >= 15 is 0 Å². The van der Waals surface area contributed by atoms with Crippen LogP contribution < -0.4 is 4.74 Å². The number of ether oxygens (including phenoxy) is 1. The van der Waals surface area contributed by atoms with Crippen molar-refractivity contribution in [1.82, 2.24) is 0 Å². The molecule has 104 valence electrons. The van der Waals surface area contributed by atoms with Crippen LogP contribution in [-0.4, -0.2) is 18.0 Å². The zero-order valence-corrected chi connectivity index (χ0v) is 11.5. The van der Waals surface area contributed by atoms with Gasteiger partial charge in [-0.1, -0.05) is 36.4 Å². The quantitative estimate of drug-likeness (QED) is 0.817. The molecule has 0 heterocycles. The van der Waals surface area contributed by atoms with E-state index in [9.17, 15) is 9.90 Å². The molecule has 1 N–H and O–H groups in total. The first kappa shape index (κ1) is 14.1. The van der Waals surface area contributed by atoms with Gasteiger partial charge >= 0.3 is 0 Å². The van der Waals surface area contributed by atoms with Gasteiger partial charge in [-0.2, -0.15) is 0 Å². The first-order valence-corrected chi connectivity index (χ1v) is 6.70. The second kappa shape index (κ2) is 6.75. The molecule has 2 rings (SSSR count). The Balaban J connectivity index is 2.39. The maximum Gasteiger partial charge on any atom is 0.161 e. The van der Waals surface area contributed by atoms with Crippen molar-refractivity contribution in [2.24, 2.45) is 0 Å². The summed E-state index contributed by atoms with van der Waals surface area (Å²) in [5, 5.41) is 9.75. The summed E-state index contributed by atoms with van der Waals surface area (Å²) in [5.41, 5.74) is 2.04. The highest BCUT2D eigenvalue weighted by Gasteiger charge is 2.15. The number of carbonyl (C=O) groups excluding carboxylic acids is 1. The maximum atomic E-state index is 11.0. The standard InChI is InChI=1S/C17H18O3/c1-2-20-17-12-14(8-9-16(17)19)15(10-11-18)13-6-4-3-5-7-13/h3-9,11-12,15,19H,2,10H2,1H3/t15-/m0/s1. The molecule has 0 aromatic heterocycles. The first-order valence-electron chi connectivity index (χ1n) is 6.70. The van der Waals surface area contributed by atoms with E-state index in [0.29, 0.717) is 18.8 Å². The molecule has 2 aromatic rings. The van der Waals surface area contributed by atoms with Gasteiger partial charge in [0.15, 0.2) is 11.5 Å². The molecule has 3 heteroatoms. The van der Waals surface area contributed by atoms with Gasteiger partial charge in [-0.3, -0.25) is 0 Å². The fraction of sp³-hybridized carbons (Fsp3) is 0.235. The molecule has 0 saturated carbocycles. The van der Waals surface area contributed by atoms with Crippen LogP contribution in [0.3, 0.4) is 0 Å². The molecule has 0 unspecified atom stereocenters. The van der Waals surface area contributed by atoms with Gasteiger partial charge in [0.25, 0.3) is 0 Å². The van der Waals surface area contributed by atoms with E-state index in [1.165, 1.54) is 0 Å². The average Bonchev–Trinajstić information content (AvgIpc) is 2.48. The summed E-state index contributed by atoms with van der Waals surface area (Å²) < 4.78 is 5.40. The number of aromatic hydroxyl groups is 1. The Kier molecular flexibility index (Phi) is 4.77. The van der Waals surface area contributed by atoms with E-state index in [1.54, 1.807) is 12.1 Å². The third-order valence-corrected chi connectivity index (χ3v) is 3.22. The molecule has 0 radical (unpaired) electrons. The molecule has 0 aliphatic carbocycles. The highest BCUT2D eigenvalue weighted by atomic mass is 16.5. The Labute approximate surface area is 118 Å². The summed E-state index contributed by atoms with van der Waals surface area (Å²) in [6, 6.07) is 15.1. The number of hydrogen-bond acceptors (Lipinski definition) is 3. The molecular formula is C17H18O3. The molecule has 20 heavy (non-hydrogen) atoms. The average molecular weight is 270 g/mol. The van der Waals surface area contributed by atoms with Gasteiger partial charge in [0.2, 0.25) is 0 Å². The second-order valence-electron chi connectivity index (χ2n) is 4.53. The Morgan fingerprint density at radius 3 is 2.55 bits per heavy atom. The number of benzene rings is 2. The molecule has 0 bridgehead atoms. The first-order chi connectivity index (χ1) is 9.76. The molecule has 0 amide bonds. The fourth-order valence-electron chi connectivity index (χ4n) is 2.26. The zero-order chi connectivity index (χ0) is 14.4. The number of rotatable bonds is 6. The van der Waals surface area contributed by atoms with Crippen LogP contribution in [0, 0.1) is 0 Å². The maximum absolute atomic E-state index is 11.0. The number of aldehydes is 1. The zero-order valence-electron chi connectivity index (χ0n) is 11.5. The van der Waals surface area contributed by atoms with Crippen molar-refractivity contribution in [3.05, 3.63) is 59.7 Å². The van der Waals surface area contributed by atoms with Crippen molar-refractivity contribution in [3.63, 3.8) is 0 Å². The summed E-state index contributed by atoms with van der Waals surface area (Å²) in [5.74, 6) is 0.554. The van der Waals surface area contributed by atoms with Crippen LogP contribution in [-0.2, 0) is 4.79 Å². The summed E-state index contributed by atoms with van der Waals surface area (Å²) >= 11 is 0. The molecule has 1 atom stereocenters. The van der Waals surface area contributed by atoms with E-state index < -0.39 is 0 Å². The van der Waals surface area contributed by atoms with Gasteiger partial charge in [-0.25, -0.2) is 0 Å². The van der Waals surface area contributed by atoms with Crippen LogP contribution in [0.2, 0.25) is 0 Å². The lowest BCUT2D eigenvalue weighted by molar-refractivity contribution is -0.108. The Hall–Kier alpha value is -2.29. The SMILES string of the molecule is CCOc1cc([C@@H](CC=O)c2ccccc2)ccc1O. The predicted octanol–water partition coefficient (Wildman–Crippen LogP) is 3.51. The van der Waals surface area contributed by atoms with Crippen molar-refractivity contribution >= 4 is 6.29 Å². The van der Waals surface area contributed by atoms with E-state index in [4.69, 9.17) is 4.74 Å². The van der Waals surface area contributed by atoms with Crippen LogP contribution in [0.5, 0.6) is 11.5 Å². The third kappa shape index (κ3) is 3.18. The summed E-state index contributed by atoms with van der Waals surface area (Å²) in [7, 11) is 0. The molecule has 0 aliphatic heterocycles. The Morgan fingerprint density at radius 1 is 1.15 bits per heavy atom. The number of phenols is 1. The van der Waals surface area contributed by atoms with E-state index in [0.717, 1.165) is 17.4 Å². The molecule has 0 saturated heterocycles. The monoisotopic (exact) mass is 270 g/mol. The number of phenolic OH excluding ortho intramolecular Hbond substituents is 1. The van der Waals surface area contributed by atoms with Gasteiger partial charge < -0.3 is 14.6 Å². The van der Waals surface area contributed by atoms with Crippen molar-refractivity contribution in [2.45, 2.75) is 19.3 Å². The summed E-state index contributed by atoms with van der Waals surface area (Å²) in [4.78, 5) is 11.0. The van der Waals surface area contributed by atoms with Gasteiger partial charge in [0.1, 0.15) is 6.29 Å². The second-order valence-corrected chi connectivity index (χ2v) is 4.53. The summed E-state index contributed by atoms with van der Waals surface area (Å²) in [6.45, 7) is 2.35. The van der Waals surface area contributed by atoms with Gasteiger partial charge in [0.05, 0.1) is 6.61 Å². The normalized spacial score (nSPS) is 11.8. The van der Waals surface area contributed by atoms with Crippen LogP contribution in [0.1, 0.15) is 30.4 Å². The molecular weight excluding hydrogens is 252 g/mol. The van der Waals surface area contributed by atoms with Crippen molar-refractivity contribution < 1.29 is 14.6 Å². The van der Waals surface area contributed by atoms with Gasteiger partial charge in [0, 0.05) is 12.3 Å². The predicted molar refractivity (Wildman–Crippen MR) is 78.2 cm³/mol. The van der Waals surface area contributed by atoms with Crippen LogP contribution in [0.15, 0.2) is 48.5 Å². The minimum absolute atomic E-state index is 0.0199. The molecule has 0 spiro atoms. The lowest BCUT2D eigenvalue weighted by atomic mass is 9.89. The smallest absolute Gasteiger partial charge is 0.161 e. The minimum atomic E-state index is -0.0199. The van der Waals surface area contributed by atoms with Gasteiger partial charge in [-0.05, 0) is 30.2 Å². The van der Waals surface area contributed by atoms with E-state index in [2.05, 4.69) is 0 Å². The lowest BCUT2D eigenvalue weighted by Gasteiger charge is -2.17. The highest BCUT2D eigenvalue weighted by molar-refractivity contribution is 5.55. The third-order valence-electron chi connectivity index (χ3n) is 3.22. The molecule has 0 fully saturated rings. The van der Waals surface area contributed by atoms with Crippen LogP contribution >= 0.6 is 0 Å². The molecule has 0 aliphatic rings. The Bertz CT molecular complexity index is 564. The number of carbonyl (C=O) groups is 1. The van der Waals surface area contributed by atoms with Crippen molar-refractivity contribution in [3.8, 4) is 11.5 Å². The molecule has 3 nitrogen and oxygen atoms in total. The topological polar surface area (TPSA) is 46.5 Å².